The molecule has 0 bridgehead atoms. The van der Waals surface area contributed by atoms with Crippen LogP contribution in [0.5, 0.6) is 0 Å². The fourth-order valence-electron chi connectivity index (χ4n) is 3.70. The zero-order chi connectivity index (χ0) is 15.5. The van der Waals surface area contributed by atoms with E-state index in [9.17, 15) is 18.0 Å². The maximum Gasteiger partial charge on any atom is 0.391 e. The lowest BCUT2D eigenvalue weighted by atomic mass is 9.80. The highest BCUT2D eigenvalue weighted by Gasteiger charge is 2.45. The van der Waals surface area contributed by atoms with Gasteiger partial charge in [-0.05, 0) is 38.6 Å². The molecule has 3 unspecified atom stereocenters. The number of carbonyl (C=O) groups is 1. The smallest absolute Gasteiger partial charge is 0.353 e. The van der Waals surface area contributed by atoms with Crippen molar-refractivity contribution in [3.05, 3.63) is 0 Å². The van der Waals surface area contributed by atoms with Crippen LogP contribution in [0, 0.1) is 11.3 Å². The van der Waals surface area contributed by atoms with E-state index in [1.54, 1.807) is 0 Å². The normalized spacial score (nSPS) is 33.9. The molecule has 1 aliphatic heterocycles. The van der Waals surface area contributed by atoms with Crippen LogP contribution in [0.2, 0.25) is 0 Å². The monoisotopic (exact) mass is 306 g/mol. The summed E-state index contributed by atoms with van der Waals surface area (Å²) in [4.78, 5) is 12.5. The van der Waals surface area contributed by atoms with E-state index in [0.717, 1.165) is 25.8 Å². The van der Waals surface area contributed by atoms with Crippen molar-refractivity contribution in [3.63, 3.8) is 0 Å². The Balaban J connectivity index is 1.95. The lowest BCUT2D eigenvalue weighted by Crippen LogP contribution is -2.49. The molecule has 21 heavy (non-hydrogen) atoms. The summed E-state index contributed by atoms with van der Waals surface area (Å²) in [5.41, 5.74) is -0.417. The van der Waals surface area contributed by atoms with E-state index in [2.05, 4.69) is 10.6 Å². The quantitative estimate of drug-likeness (QED) is 0.838. The Morgan fingerprint density at radius 2 is 2.14 bits per heavy atom. The minimum Gasteiger partial charge on any atom is -0.353 e. The van der Waals surface area contributed by atoms with Gasteiger partial charge in [-0.15, -0.1) is 0 Å². The Labute approximate surface area is 124 Å². The Kier molecular flexibility index (Phi) is 5.17. The Hall–Kier alpha value is -0.780. The molecule has 0 radical (unpaired) electrons. The van der Waals surface area contributed by atoms with Gasteiger partial charge in [-0.25, -0.2) is 0 Å². The van der Waals surface area contributed by atoms with E-state index in [1.807, 2.05) is 6.92 Å². The summed E-state index contributed by atoms with van der Waals surface area (Å²) in [6.45, 7) is 3.49. The van der Waals surface area contributed by atoms with Crippen molar-refractivity contribution < 1.29 is 18.0 Å². The van der Waals surface area contributed by atoms with Gasteiger partial charge in [0.2, 0.25) is 5.91 Å². The van der Waals surface area contributed by atoms with Gasteiger partial charge in [0.1, 0.15) is 0 Å². The molecular weight excluding hydrogens is 281 g/mol. The summed E-state index contributed by atoms with van der Waals surface area (Å²) in [6, 6.07) is -0.327. The number of rotatable bonds is 4. The molecule has 1 amide bonds. The molecule has 3 atom stereocenters. The van der Waals surface area contributed by atoms with Crippen LogP contribution in [0.3, 0.4) is 0 Å². The molecular formula is C15H25F3N2O. The van der Waals surface area contributed by atoms with Crippen LogP contribution >= 0.6 is 0 Å². The zero-order valence-corrected chi connectivity index (χ0v) is 12.6. The predicted molar refractivity (Wildman–Crippen MR) is 74.8 cm³/mol. The van der Waals surface area contributed by atoms with Crippen molar-refractivity contribution >= 4 is 5.91 Å². The summed E-state index contributed by atoms with van der Waals surface area (Å²) < 4.78 is 38.5. The molecule has 1 aliphatic carbocycles. The van der Waals surface area contributed by atoms with Crippen LogP contribution in [-0.2, 0) is 4.79 Å². The molecule has 2 fully saturated rings. The third-order valence-electron chi connectivity index (χ3n) is 4.93. The van der Waals surface area contributed by atoms with Gasteiger partial charge in [-0.1, -0.05) is 19.8 Å². The minimum absolute atomic E-state index is 0.0326. The average Bonchev–Trinajstić information content (AvgIpc) is 2.88. The number of alkyl halides is 3. The number of halogens is 3. The van der Waals surface area contributed by atoms with Crippen molar-refractivity contribution in [3.8, 4) is 0 Å². The van der Waals surface area contributed by atoms with Crippen molar-refractivity contribution in [2.45, 2.75) is 64.1 Å². The van der Waals surface area contributed by atoms with E-state index in [4.69, 9.17) is 0 Å². The Morgan fingerprint density at radius 1 is 1.38 bits per heavy atom. The largest absolute Gasteiger partial charge is 0.391 e. The number of hydrogen-bond acceptors (Lipinski definition) is 2. The molecule has 2 rings (SSSR count). The van der Waals surface area contributed by atoms with Gasteiger partial charge in [0, 0.05) is 12.6 Å². The van der Waals surface area contributed by atoms with E-state index in [1.165, 1.54) is 0 Å². The standard InChI is InChI=1S/C15H25F3N2O/c1-2-6-14(7-8-19-10-14)13(21)20-12-5-3-4-11(9-12)15(16,17)18/h11-12,19H,2-10H2,1H3,(H,20,21). The van der Waals surface area contributed by atoms with Crippen LogP contribution < -0.4 is 10.6 Å². The summed E-state index contributed by atoms with van der Waals surface area (Å²) >= 11 is 0. The second-order valence-corrected chi connectivity index (χ2v) is 6.53. The van der Waals surface area contributed by atoms with Crippen LogP contribution in [0.1, 0.15) is 51.9 Å². The molecule has 122 valence electrons. The molecule has 0 aromatic carbocycles. The highest BCUT2D eigenvalue weighted by molar-refractivity contribution is 5.83. The Morgan fingerprint density at radius 3 is 2.71 bits per heavy atom. The van der Waals surface area contributed by atoms with Gasteiger partial charge in [-0.3, -0.25) is 4.79 Å². The van der Waals surface area contributed by atoms with Crippen molar-refractivity contribution in [2.75, 3.05) is 13.1 Å². The molecule has 0 aromatic heterocycles. The van der Waals surface area contributed by atoms with Crippen LogP contribution in [0.25, 0.3) is 0 Å². The maximum atomic E-state index is 12.8. The number of carbonyl (C=O) groups excluding carboxylic acids is 1. The Bertz CT molecular complexity index is 364. The van der Waals surface area contributed by atoms with E-state index in [-0.39, 0.29) is 24.8 Å². The molecule has 3 nitrogen and oxygen atoms in total. The lowest BCUT2D eigenvalue weighted by Gasteiger charge is -2.34. The molecule has 2 aliphatic rings. The number of hydrogen-bond donors (Lipinski definition) is 2. The van der Waals surface area contributed by atoms with E-state index >= 15 is 0 Å². The molecule has 2 N–H and O–H groups in total. The molecule has 6 heteroatoms. The molecule has 1 saturated heterocycles. The van der Waals surface area contributed by atoms with Gasteiger partial charge in [-0.2, -0.15) is 13.2 Å². The van der Waals surface area contributed by atoms with Crippen LogP contribution in [0.15, 0.2) is 0 Å². The SMILES string of the molecule is CCCC1(C(=O)NC2CCCC(C(F)(F)F)C2)CCNC1. The van der Waals surface area contributed by atoms with Crippen molar-refractivity contribution in [1.82, 2.24) is 10.6 Å². The first-order valence-corrected chi connectivity index (χ1v) is 7.96. The van der Waals surface area contributed by atoms with Crippen LogP contribution in [0.4, 0.5) is 13.2 Å². The average molecular weight is 306 g/mol. The lowest BCUT2D eigenvalue weighted by molar-refractivity contribution is -0.184. The maximum absolute atomic E-state index is 12.8. The third-order valence-corrected chi connectivity index (χ3v) is 4.93. The highest BCUT2D eigenvalue weighted by atomic mass is 19.4. The first-order valence-electron chi connectivity index (χ1n) is 7.96. The van der Waals surface area contributed by atoms with E-state index in [0.29, 0.717) is 19.4 Å². The highest BCUT2D eigenvalue weighted by Crippen LogP contribution is 2.38. The number of amides is 1. The zero-order valence-electron chi connectivity index (χ0n) is 12.6. The second kappa shape index (κ2) is 6.55. The third kappa shape index (κ3) is 3.90. The van der Waals surface area contributed by atoms with Crippen molar-refractivity contribution in [2.24, 2.45) is 11.3 Å². The topological polar surface area (TPSA) is 41.1 Å². The molecule has 0 spiro atoms. The van der Waals surface area contributed by atoms with Gasteiger partial charge in [0.05, 0.1) is 11.3 Å². The fourth-order valence-corrected chi connectivity index (χ4v) is 3.70. The van der Waals surface area contributed by atoms with E-state index < -0.39 is 17.5 Å². The van der Waals surface area contributed by atoms with Gasteiger partial charge < -0.3 is 10.6 Å². The summed E-state index contributed by atoms with van der Waals surface area (Å²) in [6.07, 6.45) is -0.238. The van der Waals surface area contributed by atoms with Gasteiger partial charge >= 0.3 is 6.18 Å². The summed E-state index contributed by atoms with van der Waals surface area (Å²) in [5, 5.41) is 6.12. The fraction of sp³-hybridized carbons (Fsp3) is 0.933. The second-order valence-electron chi connectivity index (χ2n) is 6.53. The minimum atomic E-state index is -4.14. The van der Waals surface area contributed by atoms with Crippen molar-refractivity contribution in [1.29, 1.82) is 0 Å². The summed E-state index contributed by atoms with van der Waals surface area (Å²) in [7, 11) is 0. The molecule has 1 heterocycles. The predicted octanol–water partition coefficient (Wildman–Crippen LogP) is 3.00. The summed E-state index contributed by atoms with van der Waals surface area (Å²) in [5.74, 6) is -1.32. The number of nitrogens with one attached hydrogen (secondary N) is 2. The molecule has 1 saturated carbocycles. The van der Waals surface area contributed by atoms with Gasteiger partial charge in [0.25, 0.3) is 0 Å². The first-order chi connectivity index (χ1) is 9.87. The van der Waals surface area contributed by atoms with Crippen LogP contribution in [-0.4, -0.2) is 31.2 Å². The molecule has 0 aromatic rings. The first kappa shape index (κ1) is 16.6. The van der Waals surface area contributed by atoms with Gasteiger partial charge in [0.15, 0.2) is 0 Å².